The van der Waals surface area contributed by atoms with Gasteiger partial charge in [-0.15, -0.1) is 6.58 Å². The number of hydrogen-bond donors (Lipinski definition) is 3. The van der Waals surface area contributed by atoms with Gasteiger partial charge < -0.3 is 69.5 Å². The molecule has 111 heavy (non-hydrogen) atoms. The largest absolute Gasteiger partial charge is 0.394 e. The number of nitrogens with one attached hydrogen (secondary N) is 3. The fourth-order valence-corrected chi connectivity index (χ4v) is 18.3. The molecule has 3 aliphatic heterocycles. The molecule has 1 spiro atoms. The molecule has 4 aliphatic carbocycles. The lowest BCUT2D eigenvalue weighted by Gasteiger charge is -2.54. The first-order valence-electron chi connectivity index (χ1n) is 40.0. The average Bonchev–Trinajstić information content (AvgIpc) is 1.56. The Morgan fingerprint density at radius 2 is 1.34 bits per heavy atom. The number of alkyl halides is 6. The smallest absolute Gasteiger partial charge is 0.381 e. The number of carbonyl (C=O) groups excluding carboxylic acids is 12. The summed E-state index contributed by atoms with van der Waals surface area (Å²) in [6.07, 6.45) is -4.64. The maximum Gasteiger partial charge on any atom is 0.394 e. The van der Waals surface area contributed by atoms with Crippen LogP contribution in [0.15, 0.2) is 24.8 Å². The van der Waals surface area contributed by atoms with Crippen molar-refractivity contribution in [3.63, 3.8) is 0 Å². The number of fused-ring (bicyclic) bond motifs is 3. The molecule has 3 unspecified atom stereocenters. The highest BCUT2D eigenvalue weighted by Crippen LogP contribution is 2.50. The predicted octanol–water partition coefficient (Wildman–Crippen LogP) is 7.03. The topological polar surface area (TPSA) is 289 Å². The third-order valence-electron chi connectivity index (χ3n) is 24.7. The van der Waals surface area contributed by atoms with Gasteiger partial charge in [0.2, 0.25) is 70.9 Å². The normalized spacial score (nSPS) is 31.2. The second-order valence-corrected chi connectivity index (χ2v) is 33.5. The maximum absolute atomic E-state index is 15.8. The Morgan fingerprint density at radius 3 is 1.92 bits per heavy atom. The highest BCUT2D eigenvalue weighted by atomic mass is 19.4. The Hall–Kier alpha value is -7.38. The van der Waals surface area contributed by atoms with Crippen molar-refractivity contribution in [3.8, 4) is 0 Å². The van der Waals surface area contributed by atoms with Crippen LogP contribution in [0.4, 0.5) is 26.3 Å². The lowest BCUT2D eigenvalue weighted by Crippen LogP contribution is -2.71. The molecule has 4 saturated carbocycles. The van der Waals surface area contributed by atoms with Gasteiger partial charge in [0.05, 0.1) is 37.0 Å². The van der Waals surface area contributed by atoms with Crippen molar-refractivity contribution in [2.45, 2.75) is 268 Å². The molecular formula is C79H124F6N12O14. The summed E-state index contributed by atoms with van der Waals surface area (Å²) in [7, 11) is 11.0. The number of methoxy groups -OCH3 is 1. The summed E-state index contributed by atoms with van der Waals surface area (Å²) in [5, 5.41) is 8.73. The molecule has 0 radical (unpaired) electrons. The van der Waals surface area contributed by atoms with E-state index in [1.165, 1.54) is 91.9 Å². The van der Waals surface area contributed by atoms with E-state index in [1.54, 1.807) is 39.8 Å². The number of ether oxygens (including phenoxy) is 2. The van der Waals surface area contributed by atoms with Crippen LogP contribution < -0.4 is 16.0 Å². The van der Waals surface area contributed by atoms with Crippen LogP contribution >= 0.6 is 0 Å². The first-order valence-corrected chi connectivity index (χ1v) is 40.0. The molecule has 3 N–H and O–H groups in total. The molecule has 3 heterocycles. The van der Waals surface area contributed by atoms with Gasteiger partial charge in [-0.05, 0) is 145 Å². The van der Waals surface area contributed by atoms with Gasteiger partial charge in [-0.1, -0.05) is 78.5 Å². The molecule has 12 amide bonds. The van der Waals surface area contributed by atoms with E-state index in [4.69, 9.17) is 9.47 Å². The van der Waals surface area contributed by atoms with Crippen LogP contribution in [0.2, 0.25) is 0 Å². The minimum Gasteiger partial charge on any atom is -0.381 e. The van der Waals surface area contributed by atoms with E-state index in [0.29, 0.717) is 38.5 Å². The summed E-state index contributed by atoms with van der Waals surface area (Å²) in [5.41, 5.74) is -2.27. The Balaban J connectivity index is 1.35. The average molecular weight is 1580 g/mol. The predicted molar refractivity (Wildman–Crippen MR) is 400 cm³/mol. The van der Waals surface area contributed by atoms with Crippen molar-refractivity contribution in [1.29, 1.82) is 0 Å². The van der Waals surface area contributed by atoms with Crippen molar-refractivity contribution in [2.75, 3.05) is 95.8 Å². The van der Waals surface area contributed by atoms with Gasteiger partial charge in [0.15, 0.2) is 0 Å². The number of halogens is 6. The lowest BCUT2D eigenvalue weighted by molar-refractivity contribution is -0.215. The van der Waals surface area contributed by atoms with Crippen LogP contribution in [-0.2, 0) is 67.0 Å². The summed E-state index contributed by atoms with van der Waals surface area (Å²) in [4.78, 5) is 194. The number of carbonyl (C=O) groups is 12. The molecule has 0 aromatic heterocycles. The summed E-state index contributed by atoms with van der Waals surface area (Å²) < 4.78 is 97.2. The molecule has 7 aliphatic rings. The Bertz CT molecular complexity index is 3340. The van der Waals surface area contributed by atoms with Gasteiger partial charge in [-0.2, -0.15) is 26.3 Å². The second-order valence-electron chi connectivity index (χ2n) is 33.5. The third-order valence-corrected chi connectivity index (χ3v) is 24.7. The quantitative estimate of drug-likeness (QED) is 0.103. The highest BCUT2D eigenvalue weighted by molar-refractivity contribution is 6.01. The van der Waals surface area contributed by atoms with Crippen LogP contribution in [0, 0.1) is 40.9 Å². The van der Waals surface area contributed by atoms with Crippen LogP contribution in [-0.4, -0.2) is 289 Å². The SMILES string of the molecule is C=CCN1CC(=O)N(C)[C@H]2C/C=C\CCN(C2=O)[C@@H](CC2CCC(C(F)(F)F)CC2)C(=O)N(C)CC(=O)N[C@@H](CCC2CCC(C(F)(F)F)C(OC)C2)C(=O)N2C[C@H](OCC)C[C@H]2C(=O)NC2(CC(C)(C)C2)C(=O)N(C)[C@@H](C2CCCC2)C(=O)N(C)[C@H](C(=O)N(C)C)CC(=O)N(C)[C@@H](CCC)C(=O)N[C@@H]([C@@H](C)CC)C1=O. The number of amides is 12. The Morgan fingerprint density at radius 1 is 0.694 bits per heavy atom. The molecule has 13 atom stereocenters. The van der Waals surface area contributed by atoms with Crippen LogP contribution in [0.1, 0.15) is 189 Å². The van der Waals surface area contributed by atoms with Crippen LogP contribution in [0.5, 0.6) is 0 Å². The monoisotopic (exact) mass is 1580 g/mol. The summed E-state index contributed by atoms with van der Waals surface area (Å²) in [6.45, 7) is 12.8. The summed E-state index contributed by atoms with van der Waals surface area (Å²) in [6, 6.07) is -11.0. The molecular weight excluding hydrogens is 1450 g/mol. The first-order chi connectivity index (χ1) is 52.1. The van der Waals surface area contributed by atoms with Gasteiger partial charge in [0.25, 0.3) is 0 Å². The summed E-state index contributed by atoms with van der Waals surface area (Å²) in [5.74, 6) is -14.4. The lowest BCUT2D eigenvalue weighted by atomic mass is 9.58. The fourth-order valence-electron chi connectivity index (χ4n) is 18.3. The van der Waals surface area contributed by atoms with Crippen molar-refractivity contribution >= 4 is 70.9 Å². The number of nitrogens with zero attached hydrogens (tertiary/aromatic N) is 9. The number of rotatable bonds is 16. The maximum atomic E-state index is 15.8. The highest BCUT2D eigenvalue weighted by Gasteiger charge is 2.60. The zero-order valence-corrected chi connectivity index (χ0v) is 67.7. The van der Waals surface area contributed by atoms with E-state index >= 15 is 33.6 Å². The molecule has 0 aromatic carbocycles. The first kappa shape index (κ1) is 90.8. The van der Waals surface area contributed by atoms with E-state index in [-0.39, 0.29) is 129 Å². The second kappa shape index (κ2) is 39.1. The Labute approximate surface area is 650 Å². The standard InChI is InChI=1S/C79H124F6N12O14/c1-16-25-56-67(101)87-65(48(5)18-3)73(107)95(37-17-2)45-64(100)92(12)57-28-21-20-24-38-96(72(57)106)60(39-49-29-33-52(34-30-49)78(80,81)82)71(105)90(10)44-62(98)86-55(36-32-50-31-35-54(79(83,84)85)61(40-50)110-15)69(103)97-43-53(111-19-4)41-58(97)68(102)88-77(46-76(6,7)47-77)75(109)94(14)66(51-26-22-23-27-51)74(108)93(13)59(70(104)89(8)9)42-63(99)91(56)11/h17,20-21,48-61,65-66H,2,16,18-19,22-47H2,1,3-15H3,(H,86,98)(H,87,101)(H,88,102)/b21-20-/t48-,49?,50?,52?,53+,54?,55-,56-,57-,58-,59-,60-,61?,65-,66-/m0/s1. The van der Waals surface area contributed by atoms with Gasteiger partial charge in [0, 0.05) is 89.1 Å². The minimum absolute atomic E-state index is 0.0272. The molecule has 0 aromatic rings. The zero-order chi connectivity index (χ0) is 82.5. The number of likely N-dealkylation sites (N-methyl/N-ethyl adjacent to an activating group) is 6. The van der Waals surface area contributed by atoms with Crippen LogP contribution in [0.3, 0.4) is 0 Å². The summed E-state index contributed by atoms with van der Waals surface area (Å²) >= 11 is 0. The van der Waals surface area contributed by atoms with Gasteiger partial charge >= 0.3 is 12.4 Å². The van der Waals surface area contributed by atoms with E-state index in [1.807, 2.05) is 13.8 Å². The van der Waals surface area contributed by atoms with E-state index in [0.717, 1.165) is 14.7 Å². The van der Waals surface area contributed by atoms with Crippen molar-refractivity contribution in [1.82, 2.24) is 60.0 Å². The van der Waals surface area contributed by atoms with Crippen molar-refractivity contribution in [3.05, 3.63) is 24.8 Å². The van der Waals surface area contributed by atoms with E-state index in [2.05, 4.69) is 22.5 Å². The molecule has 32 heteroatoms. The van der Waals surface area contributed by atoms with Crippen molar-refractivity contribution in [2.24, 2.45) is 40.9 Å². The van der Waals surface area contributed by atoms with Crippen molar-refractivity contribution < 1.29 is 93.4 Å². The molecule has 26 nitrogen and oxygen atoms in total. The van der Waals surface area contributed by atoms with Gasteiger partial charge in [0.1, 0.15) is 60.4 Å². The minimum atomic E-state index is -4.57. The fraction of sp³-hybridized carbons (Fsp3) is 0.797. The molecule has 2 bridgehead atoms. The number of hydrogen-bond acceptors (Lipinski definition) is 14. The third kappa shape index (κ3) is 22.3. The van der Waals surface area contributed by atoms with Gasteiger partial charge in [-0.3, -0.25) is 57.5 Å². The molecule has 626 valence electrons. The van der Waals surface area contributed by atoms with E-state index in [9.17, 15) is 50.3 Å². The molecule has 2 saturated heterocycles. The molecule has 7 rings (SSSR count). The molecule has 6 fully saturated rings. The van der Waals surface area contributed by atoms with E-state index < -0.39 is 210 Å². The van der Waals surface area contributed by atoms with Gasteiger partial charge in [-0.25, -0.2) is 0 Å². The van der Waals surface area contributed by atoms with Crippen LogP contribution in [0.25, 0.3) is 0 Å². The zero-order valence-electron chi connectivity index (χ0n) is 67.7. The Kier molecular flexibility index (Phi) is 32.0.